The van der Waals surface area contributed by atoms with Gasteiger partial charge < -0.3 is 15.2 Å². The van der Waals surface area contributed by atoms with Crippen LogP contribution in [0.15, 0.2) is 12.4 Å². The largest absolute Gasteiger partial charge is 0.389 e. The molecule has 3 atom stereocenters. The van der Waals surface area contributed by atoms with Gasteiger partial charge in [-0.05, 0) is 18.8 Å². The van der Waals surface area contributed by atoms with Crippen molar-refractivity contribution >= 4 is 5.69 Å². The smallest absolute Gasteiger partial charge is 0.0945 e. The van der Waals surface area contributed by atoms with E-state index in [0.29, 0.717) is 19.3 Å². The van der Waals surface area contributed by atoms with E-state index < -0.39 is 6.10 Å². The summed E-state index contributed by atoms with van der Waals surface area (Å²) in [6.45, 7) is 3.18. The number of aromatic nitrogens is 2. The Morgan fingerprint density at radius 2 is 2.42 bits per heavy atom. The Balaban J connectivity index is 1.62. The Bertz CT molecular complexity index is 381. The Morgan fingerprint density at radius 3 is 3.11 bits per heavy atom. The molecule has 1 saturated carbocycles. The molecule has 1 fully saturated rings. The van der Waals surface area contributed by atoms with E-state index in [1.165, 1.54) is 12.8 Å². The molecule has 1 heterocycles. The third-order valence-corrected chi connectivity index (χ3v) is 3.66. The molecule has 5 nitrogen and oxygen atoms in total. The van der Waals surface area contributed by atoms with Gasteiger partial charge in [-0.25, -0.2) is 0 Å². The van der Waals surface area contributed by atoms with Crippen molar-refractivity contribution in [1.29, 1.82) is 0 Å². The fraction of sp³-hybridized carbons (Fsp3) is 0.786. The molecule has 0 aromatic carbocycles. The molecule has 5 heteroatoms. The van der Waals surface area contributed by atoms with Gasteiger partial charge in [0.1, 0.15) is 0 Å². The van der Waals surface area contributed by atoms with Crippen molar-refractivity contribution in [1.82, 2.24) is 9.78 Å². The van der Waals surface area contributed by atoms with Crippen molar-refractivity contribution in [2.45, 2.75) is 44.8 Å². The minimum absolute atomic E-state index is 0.330. The molecular weight excluding hydrogens is 242 g/mol. The molecule has 19 heavy (non-hydrogen) atoms. The quantitative estimate of drug-likeness (QED) is 0.825. The summed E-state index contributed by atoms with van der Waals surface area (Å²) in [6, 6.07) is 0. The van der Waals surface area contributed by atoms with E-state index in [4.69, 9.17) is 4.74 Å². The monoisotopic (exact) mass is 267 g/mol. The summed E-state index contributed by atoms with van der Waals surface area (Å²) in [5, 5.41) is 17.1. The second kappa shape index (κ2) is 6.91. The third-order valence-electron chi connectivity index (χ3n) is 3.66. The number of hydrogen-bond donors (Lipinski definition) is 2. The van der Waals surface area contributed by atoms with Gasteiger partial charge in [-0.3, -0.25) is 4.68 Å². The first-order valence-electron chi connectivity index (χ1n) is 7.15. The maximum Gasteiger partial charge on any atom is 0.0945 e. The van der Waals surface area contributed by atoms with Crippen LogP contribution in [0, 0.1) is 5.92 Å². The Morgan fingerprint density at radius 1 is 1.58 bits per heavy atom. The summed E-state index contributed by atoms with van der Waals surface area (Å²) < 4.78 is 7.53. The highest BCUT2D eigenvalue weighted by molar-refractivity contribution is 5.37. The van der Waals surface area contributed by atoms with E-state index in [1.807, 2.05) is 13.2 Å². The first-order valence-corrected chi connectivity index (χ1v) is 7.15. The van der Waals surface area contributed by atoms with E-state index in [0.717, 1.165) is 24.4 Å². The van der Waals surface area contributed by atoms with Gasteiger partial charge in [0.2, 0.25) is 0 Å². The number of rotatable bonds is 6. The molecule has 0 radical (unpaired) electrons. The average Bonchev–Trinajstić information content (AvgIpc) is 2.80. The number of aryl methyl sites for hydroxylation is 1. The van der Waals surface area contributed by atoms with E-state index in [-0.39, 0.29) is 0 Å². The summed E-state index contributed by atoms with van der Waals surface area (Å²) in [5.74, 6) is 0.754. The molecule has 1 aromatic rings. The zero-order valence-corrected chi connectivity index (χ0v) is 11.9. The van der Waals surface area contributed by atoms with Gasteiger partial charge in [-0.15, -0.1) is 0 Å². The van der Waals surface area contributed by atoms with Crippen molar-refractivity contribution in [3.63, 3.8) is 0 Å². The standard InChI is InChI=1S/C14H25N3O2/c1-11-4-3-5-14(6-11)19-10-13(18)8-15-12-7-16-17(2)9-12/h7,9,11,13-15,18H,3-6,8,10H2,1-2H3. The molecule has 108 valence electrons. The Hall–Kier alpha value is -1.07. The summed E-state index contributed by atoms with van der Waals surface area (Å²) >= 11 is 0. The molecule has 0 amide bonds. The minimum Gasteiger partial charge on any atom is -0.389 e. The molecule has 3 unspecified atom stereocenters. The van der Waals surface area contributed by atoms with E-state index in [1.54, 1.807) is 10.9 Å². The van der Waals surface area contributed by atoms with Crippen LogP contribution in [0.2, 0.25) is 0 Å². The topological polar surface area (TPSA) is 59.3 Å². The zero-order valence-electron chi connectivity index (χ0n) is 11.9. The van der Waals surface area contributed by atoms with E-state index in [2.05, 4.69) is 17.3 Å². The summed E-state index contributed by atoms with van der Waals surface area (Å²) in [4.78, 5) is 0. The zero-order chi connectivity index (χ0) is 13.7. The highest BCUT2D eigenvalue weighted by Gasteiger charge is 2.20. The number of nitrogens with one attached hydrogen (secondary N) is 1. The highest BCUT2D eigenvalue weighted by Crippen LogP contribution is 2.25. The van der Waals surface area contributed by atoms with Crippen LogP contribution in [0.3, 0.4) is 0 Å². The maximum absolute atomic E-state index is 9.90. The fourth-order valence-corrected chi connectivity index (χ4v) is 2.58. The lowest BCUT2D eigenvalue weighted by molar-refractivity contribution is -0.0274. The number of aliphatic hydroxyl groups excluding tert-OH is 1. The van der Waals surface area contributed by atoms with Crippen molar-refractivity contribution in [2.24, 2.45) is 13.0 Å². The average molecular weight is 267 g/mol. The van der Waals surface area contributed by atoms with Crippen molar-refractivity contribution in [2.75, 3.05) is 18.5 Å². The number of hydrogen-bond acceptors (Lipinski definition) is 4. The van der Waals surface area contributed by atoms with Crippen LogP contribution < -0.4 is 5.32 Å². The van der Waals surface area contributed by atoms with Crippen molar-refractivity contribution < 1.29 is 9.84 Å². The van der Waals surface area contributed by atoms with Crippen molar-refractivity contribution in [3.05, 3.63) is 12.4 Å². The lowest BCUT2D eigenvalue weighted by Crippen LogP contribution is -2.29. The van der Waals surface area contributed by atoms with Gasteiger partial charge in [0.15, 0.2) is 0 Å². The summed E-state index contributed by atoms with van der Waals surface area (Å²) in [6.07, 6.45) is 8.30. The number of nitrogens with zero attached hydrogens (tertiary/aromatic N) is 2. The predicted molar refractivity (Wildman–Crippen MR) is 75.1 cm³/mol. The molecule has 0 spiro atoms. The molecule has 2 N–H and O–H groups in total. The maximum atomic E-state index is 9.90. The van der Waals surface area contributed by atoms with Crippen LogP contribution in [0.1, 0.15) is 32.6 Å². The molecule has 1 aliphatic carbocycles. The van der Waals surface area contributed by atoms with Crippen LogP contribution in [-0.4, -0.2) is 40.2 Å². The minimum atomic E-state index is -0.475. The van der Waals surface area contributed by atoms with E-state index in [9.17, 15) is 5.11 Å². The third kappa shape index (κ3) is 4.84. The lowest BCUT2D eigenvalue weighted by atomic mass is 9.89. The number of aliphatic hydroxyl groups is 1. The van der Waals surface area contributed by atoms with E-state index >= 15 is 0 Å². The fourth-order valence-electron chi connectivity index (χ4n) is 2.58. The van der Waals surface area contributed by atoms with Crippen LogP contribution >= 0.6 is 0 Å². The Kier molecular flexibility index (Phi) is 5.22. The predicted octanol–water partition coefficient (Wildman–Crippen LogP) is 1.79. The molecule has 1 aliphatic rings. The van der Waals surface area contributed by atoms with Crippen LogP contribution in [0.4, 0.5) is 5.69 Å². The van der Waals surface area contributed by atoms with Crippen molar-refractivity contribution in [3.8, 4) is 0 Å². The second-order valence-corrected chi connectivity index (χ2v) is 5.66. The second-order valence-electron chi connectivity index (χ2n) is 5.66. The SMILES string of the molecule is CC1CCCC(OCC(O)CNc2cnn(C)c2)C1. The molecular formula is C14H25N3O2. The number of ether oxygens (including phenoxy) is 1. The van der Waals surface area contributed by atoms with Gasteiger partial charge in [-0.1, -0.05) is 19.8 Å². The van der Waals surface area contributed by atoms with Crippen LogP contribution in [0.5, 0.6) is 0 Å². The van der Waals surface area contributed by atoms with Crippen LogP contribution in [0.25, 0.3) is 0 Å². The molecule has 0 saturated heterocycles. The normalized spacial score (nSPS) is 25.2. The van der Waals surface area contributed by atoms with Crippen LogP contribution in [-0.2, 0) is 11.8 Å². The van der Waals surface area contributed by atoms with Gasteiger partial charge in [0, 0.05) is 19.8 Å². The molecule has 0 aliphatic heterocycles. The summed E-state index contributed by atoms with van der Waals surface area (Å²) in [7, 11) is 1.87. The molecule has 0 bridgehead atoms. The van der Waals surface area contributed by atoms with Gasteiger partial charge in [0.05, 0.1) is 30.7 Å². The first kappa shape index (κ1) is 14.3. The highest BCUT2D eigenvalue weighted by atomic mass is 16.5. The molecule has 1 aromatic heterocycles. The Labute approximate surface area is 115 Å². The van der Waals surface area contributed by atoms with Gasteiger partial charge in [0.25, 0.3) is 0 Å². The lowest BCUT2D eigenvalue weighted by Gasteiger charge is -2.27. The summed E-state index contributed by atoms with van der Waals surface area (Å²) in [5.41, 5.74) is 0.924. The number of anilines is 1. The first-order chi connectivity index (χ1) is 9.13. The molecule has 2 rings (SSSR count). The van der Waals surface area contributed by atoms with Gasteiger partial charge in [-0.2, -0.15) is 5.10 Å². The van der Waals surface area contributed by atoms with Gasteiger partial charge >= 0.3 is 0 Å².